The molecule has 0 saturated carbocycles. The maximum atomic E-state index is 10.9. The van der Waals surface area contributed by atoms with Crippen LogP contribution in [0.3, 0.4) is 0 Å². The smallest absolute Gasteiger partial charge is 0.355 e. The predicted molar refractivity (Wildman–Crippen MR) is 56.6 cm³/mol. The van der Waals surface area contributed by atoms with Crippen LogP contribution >= 0.6 is 11.6 Å². The molecule has 1 fully saturated rings. The Morgan fingerprint density at radius 2 is 2.07 bits per heavy atom. The minimum absolute atomic E-state index is 0.0542. The van der Waals surface area contributed by atoms with Gasteiger partial charge in [0.1, 0.15) is 5.02 Å². The van der Waals surface area contributed by atoms with Crippen LogP contribution in [-0.4, -0.2) is 33.9 Å². The lowest BCUT2D eigenvalue weighted by Gasteiger charge is -2.13. The number of aryl methyl sites for hydroxylation is 1. The molecule has 1 aliphatic heterocycles. The van der Waals surface area contributed by atoms with Crippen molar-refractivity contribution in [2.75, 3.05) is 18.0 Å². The summed E-state index contributed by atoms with van der Waals surface area (Å²) in [7, 11) is 1.59. The second-order valence-corrected chi connectivity index (χ2v) is 3.99. The molecule has 0 spiro atoms. The zero-order valence-electron chi connectivity index (χ0n) is 8.40. The molecule has 0 atom stereocenters. The Morgan fingerprint density at radius 3 is 2.53 bits per heavy atom. The molecule has 2 rings (SSSR count). The highest BCUT2D eigenvalue weighted by Crippen LogP contribution is 2.30. The molecule has 5 nitrogen and oxygen atoms in total. The Morgan fingerprint density at radius 1 is 1.47 bits per heavy atom. The van der Waals surface area contributed by atoms with Gasteiger partial charge in [0.25, 0.3) is 0 Å². The monoisotopic (exact) mass is 229 g/mol. The van der Waals surface area contributed by atoms with E-state index in [2.05, 4.69) is 5.10 Å². The first-order valence-corrected chi connectivity index (χ1v) is 5.20. The first-order chi connectivity index (χ1) is 7.11. The van der Waals surface area contributed by atoms with E-state index >= 15 is 0 Å². The maximum Gasteiger partial charge on any atom is 0.355 e. The van der Waals surface area contributed by atoms with Gasteiger partial charge < -0.3 is 10.0 Å². The maximum absolute atomic E-state index is 10.9. The van der Waals surface area contributed by atoms with Crippen LogP contribution in [0.2, 0.25) is 5.02 Å². The Bertz CT molecular complexity index is 396. The first-order valence-electron chi connectivity index (χ1n) is 4.82. The van der Waals surface area contributed by atoms with E-state index in [1.165, 1.54) is 4.68 Å². The fraction of sp³-hybridized carbons (Fsp3) is 0.556. The number of aromatic nitrogens is 2. The Labute approximate surface area is 92.2 Å². The van der Waals surface area contributed by atoms with E-state index in [9.17, 15) is 4.79 Å². The molecule has 1 N–H and O–H groups in total. The highest BCUT2D eigenvalue weighted by Gasteiger charge is 2.25. The molecule has 0 radical (unpaired) electrons. The number of nitrogens with zero attached hydrogens (tertiary/aromatic N) is 3. The Hall–Kier alpha value is -1.23. The quantitative estimate of drug-likeness (QED) is 0.832. The topological polar surface area (TPSA) is 58.4 Å². The SMILES string of the molecule is Cn1nc(N2CCCC2)c(Cl)c1C(=O)O. The molecule has 1 aliphatic rings. The molecule has 2 heterocycles. The van der Waals surface area contributed by atoms with Crippen molar-refractivity contribution in [3.8, 4) is 0 Å². The molecule has 82 valence electrons. The van der Waals surface area contributed by atoms with Gasteiger partial charge in [0.2, 0.25) is 0 Å². The van der Waals surface area contributed by atoms with Gasteiger partial charge in [-0.3, -0.25) is 4.68 Å². The molecule has 0 aromatic carbocycles. The summed E-state index contributed by atoms with van der Waals surface area (Å²) < 4.78 is 1.32. The van der Waals surface area contributed by atoms with Gasteiger partial charge in [-0.05, 0) is 12.8 Å². The molecule has 15 heavy (non-hydrogen) atoms. The van der Waals surface area contributed by atoms with Gasteiger partial charge in [-0.15, -0.1) is 0 Å². The zero-order chi connectivity index (χ0) is 11.0. The number of hydrogen-bond acceptors (Lipinski definition) is 3. The van der Waals surface area contributed by atoms with Crippen molar-refractivity contribution >= 4 is 23.4 Å². The Balaban J connectivity index is 2.40. The highest BCUT2D eigenvalue weighted by molar-refractivity contribution is 6.35. The van der Waals surface area contributed by atoms with Crippen molar-refractivity contribution in [1.29, 1.82) is 0 Å². The van der Waals surface area contributed by atoms with E-state index in [4.69, 9.17) is 16.7 Å². The second-order valence-electron chi connectivity index (χ2n) is 3.61. The van der Waals surface area contributed by atoms with Crippen LogP contribution in [-0.2, 0) is 7.05 Å². The van der Waals surface area contributed by atoms with Crippen molar-refractivity contribution in [3.63, 3.8) is 0 Å². The van der Waals surface area contributed by atoms with E-state index in [1.807, 2.05) is 4.90 Å². The van der Waals surface area contributed by atoms with Crippen LogP contribution in [0, 0.1) is 0 Å². The van der Waals surface area contributed by atoms with Crippen LogP contribution in [0.15, 0.2) is 0 Å². The van der Waals surface area contributed by atoms with Crippen molar-refractivity contribution in [1.82, 2.24) is 9.78 Å². The molecule has 0 aliphatic carbocycles. The molecule has 1 aromatic heterocycles. The number of carbonyl (C=O) groups is 1. The normalized spacial score (nSPS) is 16.0. The lowest BCUT2D eigenvalue weighted by atomic mass is 10.4. The Kier molecular flexibility index (Phi) is 2.56. The van der Waals surface area contributed by atoms with Gasteiger partial charge in [0, 0.05) is 20.1 Å². The molecule has 0 unspecified atom stereocenters. The fourth-order valence-electron chi connectivity index (χ4n) is 1.85. The van der Waals surface area contributed by atoms with E-state index in [1.54, 1.807) is 7.05 Å². The van der Waals surface area contributed by atoms with Crippen molar-refractivity contribution in [3.05, 3.63) is 10.7 Å². The summed E-state index contributed by atoms with van der Waals surface area (Å²) in [5, 5.41) is 13.3. The van der Waals surface area contributed by atoms with Crippen LogP contribution in [0.25, 0.3) is 0 Å². The number of rotatable bonds is 2. The van der Waals surface area contributed by atoms with Gasteiger partial charge >= 0.3 is 5.97 Å². The molecule has 1 aromatic rings. The van der Waals surface area contributed by atoms with Crippen LogP contribution in [0.1, 0.15) is 23.3 Å². The van der Waals surface area contributed by atoms with Gasteiger partial charge in [-0.2, -0.15) is 5.10 Å². The standard InChI is InChI=1S/C9H12ClN3O2/c1-12-7(9(14)15)6(10)8(11-12)13-4-2-3-5-13/h2-5H2,1H3,(H,14,15). The molecular weight excluding hydrogens is 218 g/mol. The van der Waals surface area contributed by atoms with E-state index in [0.29, 0.717) is 5.82 Å². The zero-order valence-corrected chi connectivity index (χ0v) is 9.16. The van der Waals surface area contributed by atoms with E-state index < -0.39 is 5.97 Å². The molecule has 0 amide bonds. The lowest BCUT2D eigenvalue weighted by Crippen LogP contribution is -2.18. The number of carboxylic acid groups (broad SMARTS) is 1. The largest absolute Gasteiger partial charge is 0.476 e. The fourth-order valence-corrected chi connectivity index (χ4v) is 2.21. The second kappa shape index (κ2) is 3.73. The van der Waals surface area contributed by atoms with Gasteiger partial charge in [0.15, 0.2) is 11.5 Å². The molecule has 6 heteroatoms. The molecule has 0 bridgehead atoms. The third kappa shape index (κ3) is 1.67. The number of halogens is 1. The number of hydrogen-bond donors (Lipinski definition) is 1. The number of carboxylic acids is 1. The van der Waals surface area contributed by atoms with Gasteiger partial charge in [-0.1, -0.05) is 11.6 Å². The van der Waals surface area contributed by atoms with Crippen LogP contribution in [0.4, 0.5) is 5.82 Å². The number of aromatic carboxylic acids is 1. The highest BCUT2D eigenvalue weighted by atomic mass is 35.5. The third-order valence-corrected chi connectivity index (χ3v) is 2.93. The summed E-state index contributed by atoms with van der Waals surface area (Å²) in [5.41, 5.74) is 0.0542. The molecular formula is C9H12ClN3O2. The average molecular weight is 230 g/mol. The number of anilines is 1. The predicted octanol–water partition coefficient (Wildman–Crippen LogP) is 1.37. The van der Waals surface area contributed by atoms with Crippen molar-refractivity contribution in [2.24, 2.45) is 7.05 Å². The van der Waals surface area contributed by atoms with E-state index in [-0.39, 0.29) is 10.7 Å². The molecule has 1 saturated heterocycles. The summed E-state index contributed by atoms with van der Waals surface area (Å²) in [5.74, 6) is -0.450. The van der Waals surface area contributed by atoms with Crippen LogP contribution < -0.4 is 4.90 Å². The summed E-state index contributed by atoms with van der Waals surface area (Å²) in [4.78, 5) is 12.9. The van der Waals surface area contributed by atoms with Gasteiger partial charge in [-0.25, -0.2) is 4.79 Å². The minimum atomic E-state index is -1.04. The minimum Gasteiger partial charge on any atom is -0.476 e. The van der Waals surface area contributed by atoms with Crippen LogP contribution in [0.5, 0.6) is 0 Å². The van der Waals surface area contributed by atoms with Crippen molar-refractivity contribution < 1.29 is 9.90 Å². The first kappa shape index (κ1) is 10.3. The van der Waals surface area contributed by atoms with Gasteiger partial charge in [0.05, 0.1) is 0 Å². The summed E-state index contributed by atoms with van der Waals surface area (Å²) >= 11 is 6.00. The summed E-state index contributed by atoms with van der Waals surface area (Å²) in [6.07, 6.45) is 2.21. The lowest BCUT2D eigenvalue weighted by molar-refractivity contribution is 0.0685. The summed E-state index contributed by atoms with van der Waals surface area (Å²) in [6, 6.07) is 0. The third-order valence-electron chi connectivity index (χ3n) is 2.58. The van der Waals surface area contributed by atoms with E-state index in [0.717, 1.165) is 25.9 Å². The van der Waals surface area contributed by atoms with Crippen molar-refractivity contribution in [2.45, 2.75) is 12.8 Å². The summed E-state index contributed by atoms with van der Waals surface area (Å²) in [6.45, 7) is 1.80. The average Bonchev–Trinajstić information content (AvgIpc) is 2.72.